The van der Waals surface area contributed by atoms with Gasteiger partial charge in [-0.15, -0.1) is 0 Å². The van der Waals surface area contributed by atoms with Crippen LogP contribution in [-0.2, 0) is 11.3 Å². The van der Waals surface area contributed by atoms with Crippen molar-refractivity contribution >= 4 is 0 Å². The summed E-state index contributed by atoms with van der Waals surface area (Å²) < 4.78 is 5.68. The molecule has 1 aromatic carbocycles. The molecule has 0 atom stereocenters. The van der Waals surface area contributed by atoms with Crippen molar-refractivity contribution < 1.29 is 4.74 Å². The van der Waals surface area contributed by atoms with Gasteiger partial charge >= 0.3 is 0 Å². The Morgan fingerprint density at radius 1 is 1.06 bits per heavy atom. The molecule has 0 spiro atoms. The molecule has 17 heavy (non-hydrogen) atoms. The van der Waals surface area contributed by atoms with Gasteiger partial charge in [0.2, 0.25) is 0 Å². The highest BCUT2D eigenvalue weighted by Gasteiger charge is 2.08. The summed E-state index contributed by atoms with van der Waals surface area (Å²) in [5, 5.41) is 0. The predicted octanol–water partition coefficient (Wildman–Crippen LogP) is 2.89. The summed E-state index contributed by atoms with van der Waals surface area (Å²) in [7, 11) is 0. The van der Waals surface area contributed by atoms with Gasteiger partial charge in [-0.2, -0.15) is 0 Å². The monoisotopic (exact) mass is 232 g/mol. The number of ether oxygens (including phenoxy) is 1. The fraction of sp³-hybridized carbons (Fsp3) is 0.533. The molecule has 2 nitrogen and oxygen atoms in total. The van der Waals surface area contributed by atoms with Crippen LogP contribution in [0.2, 0.25) is 0 Å². The standard InChI is InChI=1S/C15H22NO/c1-3-8-15(9-4-1)14-17-13-7-12-16-10-5-2-6-11-16/h1-4,8-9H,5-7,10-14H2. The Balaban J connectivity index is 1.51. The molecule has 1 saturated heterocycles. The first-order valence-corrected chi connectivity index (χ1v) is 6.61. The van der Waals surface area contributed by atoms with Gasteiger partial charge in [0.05, 0.1) is 6.61 Å². The molecule has 1 aromatic rings. The van der Waals surface area contributed by atoms with E-state index in [0.29, 0.717) is 0 Å². The van der Waals surface area contributed by atoms with E-state index in [-0.39, 0.29) is 0 Å². The van der Waals surface area contributed by atoms with E-state index in [4.69, 9.17) is 4.74 Å². The van der Waals surface area contributed by atoms with Crippen molar-refractivity contribution in [3.63, 3.8) is 0 Å². The molecule has 93 valence electrons. The smallest absolute Gasteiger partial charge is 0.0716 e. The average Bonchev–Trinajstić information content (AvgIpc) is 2.41. The third-order valence-corrected chi connectivity index (χ3v) is 3.17. The summed E-state index contributed by atoms with van der Waals surface area (Å²) in [6, 6.07) is 10.4. The van der Waals surface area contributed by atoms with Crippen molar-refractivity contribution in [3.05, 3.63) is 42.3 Å². The van der Waals surface area contributed by atoms with Crippen molar-refractivity contribution in [2.45, 2.75) is 25.9 Å². The molecule has 1 radical (unpaired) electrons. The summed E-state index contributed by atoms with van der Waals surface area (Å²) in [6.45, 7) is 5.27. The molecule has 1 heterocycles. The first-order chi connectivity index (χ1) is 8.45. The number of nitrogens with zero attached hydrogens (tertiary/aromatic N) is 1. The number of piperidine rings is 1. The molecule has 2 rings (SSSR count). The van der Waals surface area contributed by atoms with Crippen LogP contribution in [0.3, 0.4) is 0 Å². The zero-order valence-electron chi connectivity index (χ0n) is 10.5. The molecular weight excluding hydrogens is 210 g/mol. The van der Waals surface area contributed by atoms with Gasteiger partial charge < -0.3 is 9.64 Å². The number of benzene rings is 1. The minimum absolute atomic E-state index is 0.745. The second-order valence-corrected chi connectivity index (χ2v) is 4.60. The van der Waals surface area contributed by atoms with E-state index < -0.39 is 0 Å². The summed E-state index contributed by atoms with van der Waals surface area (Å²) >= 11 is 0. The van der Waals surface area contributed by atoms with E-state index in [1.807, 2.05) is 6.07 Å². The molecule has 1 aliphatic heterocycles. The van der Waals surface area contributed by atoms with E-state index in [1.54, 1.807) is 0 Å². The Morgan fingerprint density at radius 2 is 1.82 bits per heavy atom. The van der Waals surface area contributed by atoms with Gasteiger partial charge in [-0.3, -0.25) is 0 Å². The van der Waals surface area contributed by atoms with Gasteiger partial charge in [-0.25, -0.2) is 0 Å². The van der Waals surface area contributed by atoms with Crippen molar-refractivity contribution in [2.75, 3.05) is 26.2 Å². The molecule has 0 saturated carbocycles. The summed E-state index contributed by atoms with van der Waals surface area (Å²) in [6.07, 6.45) is 6.05. The van der Waals surface area contributed by atoms with Gasteiger partial charge in [0.25, 0.3) is 0 Å². The van der Waals surface area contributed by atoms with Crippen LogP contribution in [-0.4, -0.2) is 31.1 Å². The highest BCUT2D eigenvalue weighted by molar-refractivity contribution is 5.13. The lowest BCUT2D eigenvalue weighted by molar-refractivity contribution is 0.107. The number of rotatable bonds is 6. The van der Waals surface area contributed by atoms with Crippen molar-refractivity contribution in [1.29, 1.82) is 0 Å². The minimum atomic E-state index is 0.745. The Hall–Kier alpha value is -0.860. The first kappa shape index (κ1) is 12.6. The van der Waals surface area contributed by atoms with Crippen LogP contribution in [0.15, 0.2) is 30.3 Å². The third-order valence-electron chi connectivity index (χ3n) is 3.17. The molecule has 1 aliphatic rings. The number of hydrogen-bond donors (Lipinski definition) is 0. The lowest BCUT2D eigenvalue weighted by Gasteiger charge is -2.25. The fourth-order valence-electron chi connectivity index (χ4n) is 2.18. The van der Waals surface area contributed by atoms with Crippen LogP contribution < -0.4 is 0 Å². The summed E-state index contributed by atoms with van der Waals surface area (Å²) in [4.78, 5) is 2.53. The van der Waals surface area contributed by atoms with Gasteiger partial charge in [0.1, 0.15) is 0 Å². The molecule has 0 bridgehead atoms. The van der Waals surface area contributed by atoms with Crippen LogP contribution in [0.25, 0.3) is 0 Å². The SMILES string of the molecule is [CH]1CCN(CCCOCc2ccccc2)CC1. The maximum absolute atomic E-state index is 5.68. The Bertz CT molecular complexity index is 293. The summed E-state index contributed by atoms with van der Waals surface area (Å²) in [5.74, 6) is 0. The Kier molecular flexibility index (Phi) is 5.53. The quantitative estimate of drug-likeness (QED) is 0.699. The van der Waals surface area contributed by atoms with Crippen LogP contribution in [0.1, 0.15) is 24.8 Å². The number of likely N-dealkylation sites (tertiary alicyclic amines) is 1. The van der Waals surface area contributed by atoms with Crippen molar-refractivity contribution in [1.82, 2.24) is 4.90 Å². The van der Waals surface area contributed by atoms with Gasteiger partial charge in [-0.1, -0.05) is 30.3 Å². The fourth-order valence-corrected chi connectivity index (χ4v) is 2.18. The largest absolute Gasteiger partial charge is 0.377 e. The van der Waals surface area contributed by atoms with E-state index in [2.05, 4.69) is 35.6 Å². The van der Waals surface area contributed by atoms with Gasteiger partial charge in [0.15, 0.2) is 0 Å². The molecule has 0 unspecified atom stereocenters. The molecule has 0 N–H and O–H groups in total. The zero-order chi connectivity index (χ0) is 11.8. The van der Waals surface area contributed by atoms with E-state index >= 15 is 0 Å². The van der Waals surface area contributed by atoms with Crippen LogP contribution >= 0.6 is 0 Å². The van der Waals surface area contributed by atoms with E-state index in [0.717, 1.165) is 19.6 Å². The highest BCUT2D eigenvalue weighted by atomic mass is 16.5. The lowest BCUT2D eigenvalue weighted by Crippen LogP contribution is -2.31. The van der Waals surface area contributed by atoms with Gasteiger partial charge in [-0.05, 0) is 44.3 Å². The third kappa shape index (κ3) is 4.88. The van der Waals surface area contributed by atoms with E-state index in [9.17, 15) is 0 Å². The molecule has 1 fully saturated rings. The number of hydrogen-bond acceptors (Lipinski definition) is 2. The topological polar surface area (TPSA) is 12.5 Å². The first-order valence-electron chi connectivity index (χ1n) is 6.61. The predicted molar refractivity (Wildman–Crippen MR) is 70.7 cm³/mol. The van der Waals surface area contributed by atoms with Crippen molar-refractivity contribution in [2.24, 2.45) is 0 Å². The average molecular weight is 232 g/mol. The zero-order valence-corrected chi connectivity index (χ0v) is 10.5. The van der Waals surface area contributed by atoms with Crippen LogP contribution in [0.5, 0.6) is 0 Å². The van der Waals surface area contributed by atoms with Crippen molar-refractivity contribution in [3.8, 4) is 0 Å². The lowest BCUT2D eigenvalue weighted by atomic mass is 10.1. The van der Waals surface area contributed by atoms with Crippen LogP contribution in [0, 0.1) is 6.42 Å². The van der Waals surface area contributed by atoms with Gasteiger partial charge in [0, 0.05) is 13.2 Å². The summed E-state index contributed by atoms with van der Waals surface area (Å²) in [5.41, 5.74) is 1.26. The molecule has 0 aliphatic carbocycles. The normalized spacial score (nSPS) is 17.2. The second-order valence-electron chi connectivity index (χ2n) is 4.60. The van der Waals surface area contributed by atoms with Crippen LogP contribution in [0.4, 0.5) is 0 Å². The Morgan fingerprint density at radius 3 is 2.59 bits per heavy atom. The molecular formula is C15H22NO. The highest BCUT2D eigenvalue weighted by Crippen LogP contribution is 2.08. The maximum Gasteiger partial charge on any atom is 0.0716 e. The second kappa shape index (κ2) is 7.46. The molecule has 0 amide bonds. The maximum atomic E-state index is 5.68. The molecule has 2 heteroatoms. The Labute approximate surface area is 105 Å². The molecule has 0 aromatic heterocycles. The van der Waals surface area contributed by atoms with E-state index in [1.165, 1.54) is 38.0 Å². The minimum Gasteiger partial charge on any atom is -0.377 e.